The number of carbonyl (C=O) groups is 1. The van der Waals surface area contributed by atoms with E-state index in [1.807, 2.05) is 0 Å². The molecular formula is C7H11ClO4. The molecule has 4 nitrogen and oxygen atoms in total. The molecule has 0 saturated carbocycles. The van der Waals surface area contributed by atoms with Crippen molar-refractivity contribution in [1.82, 2.24) is 0 Å². The molecule has 0 aliphatic carbocycles. The summed E-state index contributed by atoms with van der Waals surface area (Å²) in [6, 6.07) is 0. The van der Waals surface area contributed by atoms with Gasteiger partial charge in [-0.05, 0) is 0 Å². The SMILES string of the molecule is C=CCOC(=O)C(O)C(O)CCl. The van der Waals surface area contributed by atoms with Gasteiger partial charge in [-0.15, -0.1) is 11.6 Å². The van der Waals surface area contributed by atoms with E-state index in [4.69, 9.17) is 21.8 Å². The van der Waals surface area contributed by atoms with Crippen LogP contribution >= 0.6 is 11.6 Å². The highest BCUT2D eigenvalue weighted by Gasteiger charge is 2.24. The summed E-state index contributed by atoms with van der Waals surface area (Å²) in [4.78, 5) is 10.8. The lowest BCUT2D eigenvalue weighted by molar-refractivity contribution is -0.157. The third-order valence-corrected chi connectivity index (χ3v) is 1.42. The molecule has 0 aromatic heterocycles. The van der Waals surface area contributed by atoms with Crippen molar-refractivity contribution in [2.24, 2.45) is 0 Å². The van der Waals surface area contributed by atoms with Gasteiger partial charge in [-0.1, -0.05) is 12.7 Å². The van der Waals surface area contributed by atoms with Crippen molar-refractivity contribution in [2.45, 2.75) is 12.2 Å². The van der Waals surface area contributed by atoms with Crippen LogP contribution in [0.25, 0.3) is 0 Å². The summed E-state index contributed by atoms with van der Waals surface area (Å²) < 4.78 is 4.45. The Balaban J connectivity index is 3.83. The highest BCUT2D eigenvalue weighted by Crippen LogP contribution is 1.98. The molecule has 0 amide bonds. The topological polar surface area (TPSA) is 66.8 Å². The van der Waals surface area contributed by atoms with E-state index >= 15 is 0 Å². The molecular weight excluding hydrogens is 184 g/mol. The second kappa shape index (κ2) is 5.99. The quantitative estimate of drug-likeness (QED) is 0.358. The first-order valence-electron chi connectivity index (χ1n) is 3.33. The zero-order valence-electron chi connectivity index (χ0n) is 6.44. The summed E-state index contributed by atoms with van der Waals surface area (Å²) in [5.41, 5.74) is 0. The fraction of sp³-hybridized carbons (Fsp3) is 0.571. The molecule has 2 unspecified atom stereocenters. The fourth-order valence-corrected chi connectivity index (χ4v) is 0.637. The molecule has 0 saturated heterocycles. The lowest BCUT2D eigenvalue weighted by atomic mass is 10.2. The summed E-state index contributed by atoms with van der Waals surface area (Å²) in [6.45, 7) is 3.31. The molecule has 0 bridgehead atoms. The number of aliphatic hydroxyl groups excluding tert-OH is 2. The Hall–Kier alpha value is -0.580. The number of rotatable bonds is 5. The summed E-state index contributed by atoms with van der Waals surface area (Å²) in [5, 5.41) is 17.9. The van der Waals surface area contributed by atoms with Crippen molar-refractivity contribution >= 4 is 17.6 Å². The van der Waals surface area contributed by atoms with E-state index < -0.39 is 18.2 Å². The predicted molar refractivity (Wildman–Crippen MR) is 43.9 cm³/mol. The Morgan fingerprint density at radius 3 is 2.67 bits per heavy atom. The second-order valence-corrected chi connectivity index (χ2v) is 2.39. The van der Waals surface area contributed by atoms with Gasteiger partial charge in [0, 0.05) is 0 Å². The second-order valence-electron chi connectivity index (χ2n) is 2.09. The number of carbonyl (C=O) groups excluding carboxylic acids is 1. The maximum atomic E-state index is 10.8. The van der Waals surface area contributed by atoms with Crippen LogP contribution in [0.2, 0.25) is 0 Å². The average molecular weight is 195 g/mol. The van der Waals surface area contributed by atoms with Crippen LogP contribution in [0.4, 0.5) is 0 Å². The Labute approximate surface area is 75.4 Å². The molecule has 0 spiro atoms. The number of aliphatic hydroxyl groups is 2. The van der Waals surface area contributed by atoms with Gasteiger partial charge >= 0.3 is 5.97 Å². The van der Waals surface area contributed by atoms with E-state index in [9.17, 15) is 4.79 Å². The van der Waals surface area contributed by atoms with Crippen LogP contribution in [0.15, 0.2) is 12.7 Å². The molecule has 0 aromatic rings. The number of alkyl halides is 1. The molecule has 0 heterocycles. The first-order chi connectivity index (χ1) is 5.63. The highest BCUT2D eigenvalue weighted by molar-refractivity contribution is 6.18. The number of ether oxygens (including phenoxy) is 1. The average Bonchev–Trinajstić information content (AvgIpc) is 2.11. The largest absolute Gasteiger partial charge is 0.459 e. The summed E-state index contributed by atoms with van der Waals surface area (Å²) in [6.07, 6.45) is -1.51. The number of esters is 1. The molecule has 0 aliphatic rings. The lowest BCUT2D eigenvalue weighted by Crippen LogP contribution is -2.36. The Kier molecular flexibility index (Phi) is 5.70. The molecule has 2 atom stereocenters. The molecule has 70 valence electrons. The standard InChI is InChI=1S/C7H11ClO4/c1-2-3-12-7(11)6(10)5(9)4-8/h2,5-6,9-10H,1,3-4H2. The van der Waals surface area contributed by atoms with Gasteiger partial charge in [0.05, 0.1) is 5.88 Å². The van der Waals surface area contributed by atoms with Crippen LogP contribution in [0.5, 0.6) is 0 Å². The monoisotopic (exact) mass is 194 g/mol. The van der Waals surface area contributed by atoms with Gasteiger partial charge in [-0.25, -0.2) is 4.79 Å². The normalized spacial score (nSPS) is 14.9. The van der Waals surface area contributed by atoms with Crippen LogP contribution < -0.4 is 0 Å². The molecule has 0 radical (unpaired) electrons. The van der Waals surface area contributed by atoms with E-state index in [1.165, 1.54) is 6.08 Å². The summed E-state index contributed by atoms with van der Waals surface area (Å²) in [5.74, 6) is -1.12. The fourth-order valence-electron chi connectivity index (χ4n) is 0.468. The Morgan fingerprint density at radius 1 is 1.67 bits per heavy atom. The van der Waals surface area contributed by atoms with Crippen molar-refractivity contribution in [2.75, 3.05) is 12.5 Å². The number of hydrogen-bond donors (Lipinski definition) is 2. The van der Waals surface area contributed by atoms with Crippen LogP contribution in [0.3, 0.4) is 0 Å². The molecule has 2 N–H and O–H groups in total. The molecule has 12 heavy (non-hydrogen) atoms. The van der Waals surface area contributed by atoms with E-state index in [0.29, 0.717) is 0 Å². The first-order valence-corrected chi connectivity index (χ1v) is 3.86. The number of halogens is 1. The van der Waals surface area contributed by atoms with Gasteiger partial charge in [-0.2, -0.15) is 0 Å². The van der Waals surface area contributed by atoms with Crippen molar-refractivity contribution in [1.29, 1.82) is 0 Å². The maximum Gasteiger partial charge on any atom is 0.338 e. The zero-order valence-corrected chi connectivity index (χ0v) is 7.20. The molecule has 0 aromatic carbocycles. The van der Waals surface area contributed by atoms with Crippen LogP contribution in [0, 0.1) is 0 Å². The minimum absolute atomic E-state index is 0.00486. The maximum absolute atomic E-state index is 10.8. The van der Waals surface area contributed by atoms with Crippen molar-refractivity contribution < 1.29 is 19.7 Å². The minimum atomic E-state index is -1.58. The smallest absolute Gasteiger partial charge is 0.338 e. The van der Waals surface area contributed by atoms with Gasteiger partial charge in [0.15, 0.2) is 6.10 Å². The lowest BCUT2D eigenvalue weighted by Gasteiger charge is -2.13. The third-order valence-electron chi connectivity index (χ3n) is 1.11. The van der Waals surface area contributed by atoms with Gasteiger partial charge in [0.1, 0.15) is 12.7 Å². The molecule has 0 aliphatic heterocycles. The van der Waals surface area contributed by atoms with Gasteiger partial charge in [-0.3, -0.25) is 0 Å². The first kappa shape index (κ1) is 11.4. The summed E-state index contributed by atoms with van der Waals surface area (Å²) >= 11 is 5.19. The van der Waals surface area contributed by atoms with Crippen molar-refractivity contribution in [3.8, 4) is 0 Å². The van der Waals surface area contributed by atoms with E-state index in [-0.39, 0.29) is 12.5 Å². The Morgan fingerprint density at radius 2 is 2.25 bits per heavy atom. The van der Waals surface area contributed by atoms with Crippen LogP contribution in [0.1, 0.15) is 0 Å². The van der Waals surface area contributed by atoms with Crippen LogP contribution in [-0.4, -0.2) is 40.9 Å². The van der Waals surface area contributed by atoms with Gasteiger partial charge < -0.3 is 14.9 Å². The van der Waals surface area contributed by atoms with E-state index in [2.05, 4.69) is 11.3 Å². The predicted octanol–water partition coefficient (Wildman–Crippen LogP) is -0.324. The van der Waals surface area contributed by atoms with Crippen LogP contribution in [-0.2, 0) is 9.53 Å². The molecule has 5 heteroatoms. The highest BCUT2D eigenvalue weighted by atomic mass is 35.5. The van der Waals surface area contributed by atoms with Crippen molar-refractivity contribution in [3.63, 3.8) is 0 Å². The zero-order chi connectivity index (χ0) is 9.56. The third kappa shape index (κ3) is 3.71. The molecule has 0 rings (SSSR count). The van der Waals surface area contributed by atoms with Gasteiger partial charge in [0.25, 0.3) is 0 Å². The van der Waals surface area contributed by atoms with E-state index in [0.717, 1.165) is 0 Å². The van der Waals surface area contributed by atoms with Gasteiger partial charge in [0.2, 0.25) is 0 Å². The van der Waals surface area contributed by atoms with Crippen molar-refractivity contribution in [3.05, 3.63) is 12.7 Å². The van der Waals surface area contributed by atoms with E-state index in [1.54, 1.807) is 0 Å². The minimum Gasteiger partial charge on any atom is -0.459 e. The number of hydrogen-bond acceptors (Lipinski definition) is 4. The molecule has 0 fully saturated rings. The summed E-state index contributed by atoms with van der Waals surface area (Å²) in [7, 11) is 0. The Bertz CT molecular complexity index is 159.